The zero-order chi connectivity index (χ0) is 21.1. The molecule has 4 rings (SSSR count). The average molecular weight is 406 g/mol. The first-order valence-corrected chi connectivity index (χ1v) is 10.00. The minimum atomic E-state index is -0.315. The van der Waals surface area contributed by atoms with Gasteiger partial charge in [-0.2, -0.15) is 0 Å². The van der Waals surface area contributed by atoms with Crippen LogP contribution in [0.4, 0.5) is 4.39 Å². The van der Waals surface area contributed by atoms with E-state index in [0.717, 1.165) is 35.4 Å². The number of rotatable bonds is 7. The van der Waals surface area contributed by atoms with Crippen LogP contribution in [0.25, 0.3) is 11.0 Å². The molecule has 1 atom stereocenters. The fourth-order valence-electron chi connectivity index (χ4n) is 3.66. The molecule has 4 aromatic rings. The first-order valence-electron chi connectivity index (χ1n) is 10.00. The van der Waals surface area contributed by atoms with Gasteiger partial charge in [0.25, 0.3) is 5.91 Å². The molecule has 154 valence electrons. The quantitative estimate of drug-likeness (QED) is 0.507. The van der Waals surface area contributed by atoms with Crippen molar-refractivity contribution in [3.8, 4) is 0 Å². The number of imidazole rings is 1. The molecule has 1 amide bonds. The first-order chi connectivity index (χ1) is 14.6. The van der Waals surface area contributed by atoms with E-state index in [1.54, 1.807) is 23.0 Å². The van der Waals surface area contributed by atoms with Crippen LogP contribution in [0.5, 0.6) is 0 Å². The number of aryl methyl sites for hydroxylation is 1. The third-order valence-corrected chi connectivity index (χ3v) is 5.16. The number of hydrogen-bond acceptors (Lipinski definition) is 4. The number of carbonyl (C=O) groups is 1. The van der Waals surface area contributed by atoms with Crippen LogP contribution in [-0.4, -0.2) is 30.5 Å². The van der Waals surface area contributed by atoms with Gasteiger partial charge in [-0.25, -0.2) is 14.1 Å². The third kappa shape index (κ3) is 3.80. The number of hydrogen-bond donors (Lipinski definition) is 1. The Morgan fingerprint density at radius 3 is 2.63 bits per heavy atom. The van der Waals surface area contributed by atoms with Gasteiger partial charge in [-0.1, -0.05) is 36.4 Å². The van der Waals surface area contributed by atoms with Gasteiger partial charge in [0.2, 0.25) is 0 Å². The predicted octanol–water partition coefficient (Wildman–Crippen LogP) is 3.72. The molecule has 0 fully saturated rings. The highest BCUT2D eigenvalue weighted by Gasteiger charge is 2.18. The van der Waals surface area contributed by atoms with Gasteiger partial charge in [0.15, 0.2) is 5.69 Å². The minimum Gasteiger partial charge on any atom is -0.343 e. The standard InChI is InChI=1S/C22H23FN6O/c1-3-19(15-9-11-16(23)12-10-15)29-14-18(26-27-29)22(30)24-13-21-25-17-7-5-6-8-20(17)28(21)4-2/h5-12,14,19H,3-4,13H2,1-2H3,(H,24,30). The summed E-state index contributed by atoms with van der Waals surface area (Å²) in [4.78, 5) is 17.2. The number of nitrogens with one attached hydrogen (secondary N) is 1. The van der Waals surface area contributed by atoms with Crippen molar-refractivity contribution in [2.24, 2.45) is 0 Å². The maximum Gasteiger partial charge on any atom is 0.273 e. The Morgan fingerprint density at radius 1 is 1.13 bits per heavy atom. The van der Waals surface area contributed by atoms with E-state index in [0.29, 0.717) is 6.54 Å². The van der Waals surface area contributed by atoms with Crippen LogP contribution in [0.3, 0.4) is 0 Å². The molecule has 0 saturated carbocycles. The highest BCUT2D eigenvalue weighted by molar-refractivity contribution is 5.91. The number of benzene rings is 2. The van der Waals surface area contributed by atoms with Gasteiger partial charge < -0.3 is 9.88 Å². The molecule has 0 bridgehead atoms. The van der Waals surface area contributed by atoms with Crippen LogP contribution in [0.1, 0.15) is 48.2 Å². The summed E-state index contributed by atoms with van der Waals surface area (Å²) < 4.78 is 16.9. The van der Waals surface area contributed by atoms with Gasteiger partial charge in [-0.3, -0.25) is 4.79 Å². The van der Waals surface area contributed by atoms with Gasteiger partial charge in [-0.05, 0) is 43.2 Å². The highest BCUT2D eigenvalue weighted by Crippen LogP contribution is 2.21. The largest absolute Gasteiger partial charge is 0.343 e. The molecule has 2 aromatic heterocycles. The summed E-state index contributed by atoms with van der Waals surface area (Å²) in [5.74, 6) is 0.187. The molecule has 0 spiro atoms. The molecular formula is C22H23FN6O. The van der Waals surface area contributed by atoms with Gasteiger partial charge in [-0.15, -0.1) is 5.10 Å². The minimum absolute atomic E-state index is 0.121. The third-order valence-electron chi connectivity index (χ3n) is 5.16. The highest BCUT2D eigenvalue weighted by atomic mass is 19.1. The van der Waals surface area contributed by atoms with E-state index in [1.165, 1.54) is 12.1 Å². The Morgan fingerprint density at radius 2 is 1.90 bits per heavy atom. The lowest BCUT2D eigenvalue weighted by atomic mass is 10.0. The van der Waals surface area contributed by atoms with Crippen molar-refractivity contribution in [3.63, 3.8) is 0 Å². The van der Waals surface area contributed by atoms with E-state index < -0.39 is 0 Å². The van der Waals surface area contributed by atoms with E-state index in [-0.39, 0.29) is 23.5 Å². The summed E-state index contributed by atoms with van der Waals surface area (Å²) in [7, 11) is 0. The molecule has 2 aromatic carbocycles. The molecule has 0 radical (unpaired) electrons. The number of carbonyl (C=O) groups excluding carboxylic acids is 1. The van der Waals surface area contributed by atoms with E-state index in [2.05, 4.69) is 25.2 Å². The van der Waals surface area contributed by atoms with Gasteiger partial charge in [0.1, 0.15) is 11.6 Å². The van der Waals surface area contributed by atoms with Crippen LogP contribution >= 0.6 is 0 Å². The molecular weight excluding hydrogens is 383 g/mol. The smallest absolute Gasteiger partial charge is 0.273 e. The molecule has 0 saturated heterocycles. The SMILES string of the molecule is CCC(c1ccc(F)cc1)n1cc(C(=O)NCc2nc3ccccc3n2CC)nn1. The topological polar surface area (TPSA) is 77.6 Å². The lowest BCUT2D eigenvalue weighted by Gasteiger charge is -2.15. The summed E-state index contributed by atoms with van der Waals surface area (Å²) in [6.07, 6.45) is 2.35. The molecule has 7 nitrogen and oxygen atoms in total. The van der Waals surface area contributed by atoms with Gasteiger partial charge >= 0.3 is 0 Å². The second-order valence-corrected chi connectivity index (χ2v) is 7.00. The summed E-state index contributed by atoms with van der Waals surface area (Å²) in [5, 5.41) is 11.0. The van der Waals surface area contributed by atoms with Crippen LogP contribution in [0.15, 0.2) is 54.7 Å². The number of nitrogens with zero attached hydrogens (tertiary/aromatic N) is 5. The summed E-state index contributed by atoms with van der Waals surface area (Å²) in [6.45, 7) is 5.11. The maximum atomic E-state index is 13.2. The van der Waals surface area contributed by atoms with E-state index in [1.807, 2.05) is 38.1 Å². The number of fused-ring (bicyclic) bond motifs is 1. The number of aromatic nitrogens is 5. The number of amides is 1. The molecule has 0 aliphatic carbocycles. The molecule has 8 heteroatoms. The van der Waals surface area contributed by atoms with E-state index >= 15 is 0 Å². The van der Waals surface area contributed by atoms with Crippen LogP contribution in [0.2, 0.25) is 0 Å². The summed E-state index contributed by atoms with van der Waals surface area (Å²) in [6, 6.07) is 14.1. The monoisotopic (exact) mass is 406 g/mol. The maximum absolute atomic E-state index is 13.2. The van der Waals surface area contributed by atoms with E-state index in [4.69, 9.17) is 0 Å². The van der Waals surface area contributed by atoms with Gasteiger partial charge in [0, 0.05) is 6.54 Å². The first kappa shape index (κ1) is 19.8. The molecule has 2 heterocycles. The van der Waals surface area contributed by atoms with Crippen molar-refractivity contribution in [1.82, 2.24) is 29.9 Å². The molecule has 1 N–H and O–H groups in total. The van der Waals surface area contributed by atoms with Crippen LogP contribution < -0.4 is 5.32 Å². The second kappa shape index (κ2) is 8.44. The molecule has 0 aliphatic heterocycles. The lowest BCUT2D eigenvalue weighted by Crippen LogP contribution is -2.25. The molecule has 1 unspecified atom stereocenters. The van der Waals surface area contributed by atoms with Crippen molar-refractivity contribution in [3.05, 3.63) is 77.6 Å². The normalized spacial score (nSPS) is 12.2. The van der Waals surface area contributed by atoms with Crippen LogP contribution in [0, 0.1) is 5.82 Å². The fraction of sp³-hybridized carbons (Fsp3) is 0.273. The lowest BCUT2D eigenvalue weighted by molar-refractivity contribution is 0.0944. The van der Waals surface area contributed by atoms with Crippen LogP contribution in [-0.2, 0) is 13.1 Å². The molecule has 30 heavy (non-hydrogen) atoms. The predicted molar refractivity (Wildman–Crippen MR) is 111 cm³/mol. The zero-order valence-electron chi connectivity index (χ0n) is 16.9. The Bertz CT molecular complexity index is 1160. The second-order valence-electron chi connectivity index (χ2n) is 7.00. The fourth-order valence-corrected chi connectivity index (χ4v) is 3.66. The Labute approximate surface area is 173 Å². The van der Waals surface area contributed by atoms with Crippen molar-refractivity contribution in [2.75, 3.05) is 0 Å². The number of halogens is 1. The Balaban J connectivity index is 1.49. The van der Waals surface area contributed by atoms with E-state index in [9.17, 15) is 9.18 Å². The van der Waals surface area contributed by atoms with Crippen molar-refractivity contribution >= 4 is 16.9 Å². The molecule has 0 aliphatic rings. The Kier molecular flexibility index (Phi) is 5.56. The summed E-state index contributed by atoms with van der Waals surface area (Å²) >= 11 is 0. The van der Waals surface area contributed by atoms with Crippen molar-refractivity contribution < 1.29 is 9.18 Å². The zero-order valence-corrected chi connectivity index (χ0v) is 16.9. The average Bonchev–Trinajstić information content (AvgIpc) is 3.38. The van der Waals surface area contributed by atoms with Crippen molar-refractivity contribution in [1.29, 1.82) is 0 Å². The Hall–Kier alpha value is -3.55. The summed E-state index contributed by atoms with van der Waals surface area (Å²) in [5.41, 5.74) is 3.09. The van der Waals surface area contributed by atoms with Crippen molar-refractivity contribution in [2.45, 2.75) is 39.4 Å². The van der Waals surface area contributed by atoms with Gasteiger partial charge in [0.05, 0.1) is 29.8 Å². The number of para-hydroxylation sites is 2.